The summed E-state index contributed by atoms with van der Waals surface area (Å²) in [7, 11) is 1.10. The number of hydrogen-bond donors (Lipinski definition) is 0. The summed E-state index contributed by atoms with van der Waals surface area (Å²) in [5.74, 6) is -4.48. The molecule has 0 radical (unpaired) electrons. The van der Waals surface area contributed by atoms with E-state index in [0.717, 1.165) is 13.2 Å². The summed E-state index contributed by atoms with van der Waals surface area (Å²) < 4.78 is 43.1. The lowest BCUT2D eigenvalue weighted by Gasteiger charge is -2.12. The zero-order chi connectivity index (χ0) is 11.6. The van der Waals surface area contributed by atoms with E-state index in [1.165, 1.54) is 0 Å². The Morgan fingerprint density at radius 1 is 1.33 bits per heavy atom. The van der Waals surface area contributed by atoms with Crippen LogP contribution < -0.4 is 0 Å². The highest BCUT2D eigenvalue weighted by atomic mass is 35.5. The van der Waals surface area contributed by atoms with Gasteiger partial charge in [0.2, 0.25) is 0 Å². The van der Waals surface area contributed by atoms with Crippen LogP contribution in [0.5, 0.6) is 0 Å². The first kappa shape index (κ1) is 12.0. The van der Waals surface area contributed by atoms with Crippen LogP contribution in [0.1, 0.15) is 11.7 Å². The van der Waals surface area contributed by atoms with Gasteiger partial charge >= 0.3 is 0 Å². The monoisotopic (exact) mass is 238 g/mol. The topological polar surface area (TPSA) is 26.3 Å². The predicted octanol–water partition coefficient (Wildman–Crippen LogP) is 2.56. The highest BCUT2D eigenvalue weighted by Gasteiger charge is 2.25. The molecule has 0 N–H and O–H groups in total. The van der Waals surface area contributed by atoms with E-state index in [2.05, 4.69) is 4.74 Å². The maximum Gasteiger partial charge on any atom is 0.255 e. The molecule has 0 saturated heterocycles. The molecule has 0 fully saturated rings. The van der Waals surface area contributed by atoms with Crippen molar-refractivity contribution in [3.63, 3.8) is 0 Å². The van der Waals surface area contributed by atoms with E-state index in [0.29, 0.717) is 6.07 Å². The Kier molecular flexibility index (Phi) is 3.71. The minimum Gasteiger partial charge on any atom is -0.367 e. The van der Waals surface area contributed by atoms with Crippen molar-refractivity contribution in [2.75, 3.05) is 7.11 Å². The summed E-state index contributed by atoms with van der Waals surface area (Å²) in [5, 5.41) is -1.01. The molecule has 15 heavy (non-hydrogen) atoms. The molecule has 0 amide bonds. The number of ether oxygens (including phenoxy) is 1. The standard InChI is InChI=1S/C9H6ClF3O2/c1-15-8(9(10)14)4-2-3-5(11)7(13)6(4)12/h2-3,8H,1H3/t8-/m1/s1. The number of methoxy groups -OCH3 is 1. The van der Waals surface area contributed by atoms with Gasteiger partial charge < -0.3 is 4.74 Å². The van der Waals surface area contributed by atoms with Crippen molar-refractivity contribution in [1.29, 1.82) is 0 Å². The number of rotatable bonds is 3. The number of carbonyl (C=O) groups excluding carboxylic acids is 1. The second-order valence-electron chi connectivity index (χ2n) is 2.68. The van der Waals surface area contributed by atoms with Gasteiger partial charge in [-0.2, -0.15) is 0 Å². The maximum atomic E-state index is 13.2. The van der Waals surface area contributed by atoms with Crippen LogP contribution >= 0.6 is 11.6 Å². The molecule has 6 heteroatoms. The molecule has 2 nitrogen and oxygen atoms in total. The molecule has 0 aliphatic carbocycles. The second kappa shape index (κ2) is 4.63. The minimum absolute atomic E-state index is 0.434. The zero-order valence-electron chi connectivity index (χ0n) is 7.56. The Balaban J connectivity index is 3.25. The Bertz CT molecular complexity index is 395. The van der Waals surface area contributed by atoms with Crippen molar-refractivity contribution in [3.05, 3.63) is 35.1 Å². The molecule has 0 saturated carbocycles. The van der Waals surface area contributed by atoms with E-state index in [4.69, 9.17) is 11.6 Å². The van der Waals surface area contributed by atoms with Crippen LogP contribution in [-0.4, -0.2) is 12.4 Å². The van der Waals surface area contributed by atoms with E-state index in [1.807, 2.05) is 0 Å². The number of carbonyl (C=O) groups is 1. The Morgan fingerprint density at radius 2 is 1.93 bits per heavy atom. The van der Waals surface area contributed by atoms with Gasteiger partial charge in [-0.1, -0.05) is 0 Å². The average molecular weight is 239 g/mol. The summed E-state index contributed by atoms with van der Waals surface area (Å²) >= 11 is 5.10. The van der Waals surface area contributed by atoms with Crippen molar-refractivity contribution in [2.24, 2.45) is 0 Å². The molecule has 0 aliphatic rings. The molecular formula is C9H6ClF3O2. The van der Waals surface area contributed by atoms with Crippen LogP contribution in [0.25, 0.3) is 0 Å². The summed E-state index contributed by atoms with van der Waals surface area (Å²) in [6.07, 6.45) is -1.44. The van der Waals surface area contributed by atoms with Gasteiger partial charge in [0.25, 0.3) is 5.24 Å². The van der Waals surface area contributed by atoms with E-state index in [9.17, 15) is 18.0 Å². The molecule has 82 valence electrons. The average Bonchev–Trinajstić information content (AvgIpc) is 2.18. The summed E-state index contributed by atoms with van der Waals surface area (Å²) in [6.45, 7) is 0. The van der Waals surface area contributed by atoms with Crippen molar-refractivity contribution in [1.82, 2.24) is 0 Å². The molecule has 0 bridgehead atoms. The fourth-order valence-electron chi connectivity index (χ4n) is 1.09. The lowest BCUT2D eigenvalue weighted by atomic mass is 10.1. The third kappa shape index (κ3) is 2.30. The van der Waals surface area contributed by atoms with Crippen LogP contribution in [0.15, 0.2) is 12.1 Å². The van der Waals surface area contributed by atoms with Gasteiger partial charge in [0.05, 0.1) is 0 Å². The van der Waals surface area contributed by atoms with E-state index < -0.39 is 34.4 Å². The zero-order valence-corrected chi connectivity index (χ0v) is 8.32. The summed E-state index contributed by atoms with van der Waals surface area (Å²) in [5.41, 5.74) is -0.434. The molecule has 1 atom stereocenters. The van der Waals surface area contributed by atoms with E-state index >= 15 is 0 Å². The molecule has 0 unspecified atom stereocenters. The van der Waals surface area contributed by atoms with Crippen molar-refractivity contribution in [2.45, 2.75) is 6.10 Å². The van der Waals surface area contributed by atoms with Crippen LogP contribution in [-0.2, 0) is 9.53 Å². The largest absolute Gasteiger partial charge is 0.367 e. The van der Waals surface area contributed by atoms with Gasteiger partial charge in [-0.15, -0.1) is 0 Å². The van der Waals surface area contributed by atoms with Crippen LogP contribution in [0.3, 0.4) is 0 Å². The Hall–Kier alpha value is -1.07. The molecule has 1 aromatic carbocycles. The molecule has 1 aromatic rings. The SMILES string of the molecule is CO[C@@H](C(=O)Cl)c1ccc(F)c(F)c1F. The lowest BCUT2D eigenvalue weighted by Crippen LogP contribution is -2.12. The van der Waals surface area contributed by atoms with Gasteiger partial charge in [0.15, 0.2) is 23.6 Å². The number of halogens is 4. The van der Waals surface area contributed by atoms with Gasteiger partial charge in [-0.05, 0) is 23.7 Å². The van der Waals surface area contributed by atoms with Gasteiger partial charge in [-0.25, -0.2) is 13.2 Å². The first-order valence-electron chi connectivity index (χ1n) is 3.84. The third-order valence-corrected chi connectivity index (χ3v) is 1.99. The van der Waals surface area contributed by atoms with Crippen molar-refractivity contribution in [3.8, 4) is 0 Å². The fraction of sp³-hybridized carbons (Fsp3) is 0.222. The Morgan fingerprint density at radius 3 is 2.40 bits per heavy atom. The highest BCUT2D eigenvalue weighted by Crippen LogP contribution is 2.25. The predicted molar refractivity (Wildman–Crippen MR) is 46.9 cm³/mol. The smallest absolute Gasteiger partial charge is 0.255 e. The highest BCUT2D eigenvalue weighted by molar-refractivity contribution is 6.64. The van der Waals surface area contributed by atoms with E-state index in [-0.39, 0.29) is 0 Å². The van der Waals surface area contributed by atoms with Gasteiger partial charge in [-0.3, -0.25) is 4.79 Å². The van der Waals surface area contributed by atoms with Crippen LogP contribution in [0.4, 0.5) is 13.2 Å². The normalized spacial score (nSPS) is 12.6. The first-order chi connectivity index (χ1) is 6.99. The van der Waals surface area contributed by atoms with Crippen LogP contribution in [0.2, 0.25) is 0 Å². The number of benzene rings is 1. The van der Waals surface area contributed by atoms with Crippen molar-refractivity contribution < 1.29 is 22.7 Å². The Labute approximate surface area is 88.6 Å². The molecule has 0 heterocycles. The first-order valence-corrected chi connectivity index (χ1v) is 4.22. The summed E-state index contributed by atoms with van der Waals surface area (Å²) in [6, 6.07) is 1.60. The van der Waals surface area contributed by atoms with E-state index in [1.54, 1.807) is 0 Å². The fourth-order valence-corrected chi connectivity index (χ4v) is 1.29. The van der Waals surface area contributed by atoms with Crippen LogP contribution in [0, 0.1) is 17.5 Å². The molecule has 0 spiro atoms. The third-order valence-electron chi connectivity index (χ3n) is 1.79. The minimum atomic E-state index is -1.66. The van der Waals surface area contributed by atoms with Gasteiger partial charge in [0, 0.05) is 12.7 Å². The molecule has 0 aromatic heterocycles. The quantitative estimate of drug-likeness (QED) is 0.598. The second-order valence-corrected chi connectivity index (χ2v) is 3.06. The number of hydrogen-bond acceptors (Lipinski definition) is 2. The molecular weight excluding hydrogens is 233 g/mol. The maximum absolute atomic E-state index is 13.2. The van der Waals surface area contributed by atoms with Crippen molar-refractivity contribution >= 4 is 16.8 Å². The molecule has 0 aliphatic heterocycles. The summed E-state index contributed by atoms with van der Waals surface area (Å²) in [4.78, 5) is 10.8. The van der Waals surface area contributed by atoms with Gasteiger partial charge in [0.1, 0.15) is 0 Å². The lowest BCUT2D eigenvalue weighted by molar-refractivity contribution is -0.121. The molecule has 1 rings (SSSR count).